The van der Waals surface area contributed by atoms with Crippen LogP contribution in [0.2, 0.25) is 0 Å². The average Bonchev–Trinajstić information content (AvgIpc) is 3.77. The molecule has 0 atom stereocenters. The Labute approximate surface area is 439 Å². The van der Waals surface area contributed by atoms with Gasteiger partial charge in [0.15, 0.2) is 0 Å². The van der Waals surface area contributed by atoms with Crippen molar-refractivity contribution in [3.8, 4) is 44.5 Å². The number of aryl methyl sites for hydroxylation is 8. The maximum absolute atomic E-state index is 7.06. The van der Waals surface area contributed by atoms with Crippen LogP contribution in [0.4, 0.5) is 0 Å². The molecular formula is C72H84O. The van der Waals surface area contributed by atoms with Gasteiger partial charge in [-0.15, -0.1) is 0 Å². The summed E-state index contributed by atoms with van der Waals surface area (Å²) in [5, 5.41) is 8.13. The van der Waals surface area contributed by atoms with Crippen LogP contribution in [-0.2, 0) is 0 Å². The number of rotatable bonds is 4. The minimum Gasteiger partial charge on any atom is -0.455 e. The molecule has 0 spiro atoms. The number of benzene rings is 8. The molecule has 1 aromatic heterocycles. The lowest BCUT2D eigenvalue weighted by atomic mass is 9.72. The fourth-order valence-electron chi connectivity index (χ4n) is 14.4. The van der Waals surface area contributed by atoms with Gasteiger partial charge in [0.05, 0.1) is 0 Å². The van der Waals surface area contributed by atoms with Gasteiger partial charge in [0.1, 0.15) is 11.2 Å². The van der Waals surface area contributed by atoms with Crippen LogP contribution in [0.25, 0.3) is 88.0 Å². The Kier molecular flexibility index (Phi) is 12.3. The molecule has 1 heterocycles. The van der Waals surface area contributed by atoms with Crippen LogP contribution >= 0.6 is 0 Å². The van der Waals surface area contributed by atoms with Crippen molar-refractivity contribution >= 4 is 43.5 Å². The second-order valence-electron chi connectivity index (χ2n) is 23.5. The van der Waals surface area contributed by atoms with Gasteiger partial charge in [-0.3, -0.25) is 0 Å². The lowest BCUT2D eigenvalue weighted by molar-refractivity contribution is 0.661. The normalized spacial score (nSPS) is 12.1. The Bertz CT molecular complexity index is 3880. The summed E-state index contributed by atoms with van der Waals surface area (Å²) in [5.74, 6) is 0. The Hall–Kier alpha value is -5.92. The van der Waals surface area contributed by atoms with Crippen molar-refractivity contribution in [3.05, 3.63) is 156 Å². The molecule has 73 heavy (non-hydrogen) atoms. The Morgan fingerprint density at radius 3 is 0.562 bits per heavy atom. The Morgan fingerprint density at radius 2 is 0.274 bits per heavy atom. The first-order chi connectivity index (χ1) is 34.0. The summed E-state index contributed by atoms with van der Waals surface area (Å²) in [6.07, 6.45) is 0. The van der Waals surface area contributed by atoms with Crippen molar-refractivity contribution in [2.45, 2.75) is 194 Å². The lowest BCUT2D eigenvalue weighted by Gasteiger charge is -2.31. The van der Waals surface area contributed by atoms with Crippen LogP contribution in [0.1, 0.15) is 156 Å². The maximum atomic E-state index is 7.06. The van der Waals surface area contributed by atoms with Gasteiger partial charge in [0.25, 0.3) is 0 Å². The molecular weight excluding hydrogens is 881 g/mol. The van der Waals surface area contributed by atoms with E-state index >= 15 is 0 Å². The first kappa shape index (κ1) is 52.0. The summed E-state index contributed by atoms with van der Waals surface area (Å²) >= 11 is 0. The zero-order valence-electron chi connectivity index (χ0n) is 50.4. The zero-order valence-corrected chi connectivity index (χ0v) is 50.4. The van der Waals surface area contributed by atoms with Crippen LogP contribution in [0.15, 0.2) is 4.42 Å². The van der Waals surface area contributed by atoms with E-state index in [1.165, 1.54) is 233 Å². The minimum absolute atomic E-state index is 1.03. The van der Waals surface area contributed by atoms with Crippen molar-refractivity contribution in [2.24, 2.45) is 0 Å². The van der Waals surface area contributed by atoms with Crippen LogP contribution in [0.5, 0.6) is 0 Å². The van der Waals surface area contributed by atoms with Crippen molar-refractivity contribution in [2.75, 3.05) is 0 Å². The highest BCUT2D eigenvalue weighted by Gasteiger charge is 2.33. The van der Waals surface area contributed by atoms with Crippen molar-refractivity contribution < 1.29 is 4.42 Å². The summed E-state index contributed by atoms with van der Waals surface area (Å²) in [6, 6.07) is 0. The molecule has 1 nitrogen and oxygen atoms in total. The molecule has 0 aliphatic heterocycles. The van der Waals surface area contributed by atoms with E-state index in [1.54, 1.807) is 0 Å². The predicted octanol–water partition coefficient (Wildman–Crippen LogP) is 21.2. The second kappa shape index (κ2) is 17.3. The Balaban J connectivity index is 1.48. The topological polar surface area (TPSA) is 13.1 Å². The van der Waals surface area contributed by atoms with Crippen LogP contribution in [0, 0.1) is 194 Å². The van der Waals surface area contributed by atoms with Gasteiger partial charge >= 0.3 is 0 Å². The molecule has 8 aromatic carbocycles. The monoisotopic (exact) mass is 965 g/mol. The second-order valence-corrected chi connectivity index (χ2v) is 23.5. The minimum atomic E-state index is 1.03. The highest BCUT2D eigenvalue weighted by atomic mass is 16.3. The van der Waals surface area contributed by atoms with Gasteiger partial charge in [0, 0.05) is 10.8 Å². The molecule has 0 N–H and O–H groups in total. The predicted molar refractivity (Wildman–Crippen MR) is 323 cm³/mol. The SMILES string of the molecule is Cc1c(C)c(C)c(-c2c(C)c(C)c(-c3c(C)c(C)c(-c4c5c(C)c(C)c(C)c(C)c5c(-c5c(C)c(C)c6oc7c(C)c(C)c(C)c(C)c7c6c5C)c5c(C)c(C)c(C)c(C)c45)c(C)c3C)c(C)c2C)c(C)c1C. The third-order valence-electron chi connectivity index (χ3n) is 21.0. The molecule has 1 heteroatoms. The third-order valence-corrected chi connectivity index (χ3v) is 21.0. The van der Waals surface area contributed by atoms with E-state index in [-0.39, 0.29) is 0 Å². The van der Waals surface area contributed by atoms with E-state index in [2.05, 4.69) is 194 Å². The van der Waals surface area contributed by atoms with E-state index in [0.29, 0.717) is 0 Å². The molecule has 0 radical (unpaired) electrons. The summed E-state index contributed by atoms with van der Waals surface area (Å²) in [6.45, 7) is 66.1. The largest absolute Gasteiger partial charge is 0.455 e. The van der Waals surface area contributed by atoms with Gasteiger partial charge in [0.2, 0.25) is 0 Å². The fraction of sp³-hybridized carbons (Fsp3) is 0.389. The smallest absolute Gasteiger partial charge is 0.138 e. The van der Waals surface area contributed by atoms with Crippen molar-refractivity contribution in [1.29, 1.82) is 0 Å². The standard InChI is InChI=1S/C72H84O/c1-29-30(2)38(10)57(39(11)31(29)3)58-45(17)47(19)59(48(20)46(58)18)60-49(21)51(23)61(52(24)50(60)22)69-63-40(12)32(4)34(6)42(14)65(63)70(66-43(15)35(7)33(5)41(13)64(66)69)62-53(25)55(27)72-68(56(62)28)67-44(16)36(8)37(9)54(26)71(67)73-72/h1-28H3. The highest BCUT2D eigenvalue weighted by Crippen LogP contribution is 2.56. The van der Waals surface area contributed by atoms with E-state index in [1.807, 2.05) is 0 Å². The van der Waals surface area contributed by atoms with Crippen LogP contribution in [-0.4, -0.2) is 0 Å². The summed E-state index contributed by atoms with van der Waals surface area (Å²) in [7, 11) is 0. The zero-order chi connectivity index (χ0) is 54.1. The molecule has 0 unspecified atom stereocenters. The molecule has 0 saturated carbocycles. The lowest BCUT2D eigenvalue weighted by Crippen LogP contribution is -2.09. The molecule has 378 valence electrons. The summed E-state index contributed by atoms with van der Waals surface area (Å²) < 4.78 is 7.06. The van der Waals surface area contributed by atoms with Gasteiger partial charge in [-0.05, 0) is 416 Å². The number of hydrogen-bond acceptors (Lipinski definition) is 1. The van der Waals surface area contributed by atoms with E-state index in [4.69, 9.17) is 4.42 Å². The first-order valence-electron chi connectivity index (χ1n) is 27.2. The first-order valence-corrected chi connectivity index (χ1v) is 27.2. The van der Waals surface area contributed by atoms with Crippen LogP contribution in [0.3, 0.4) is 0 Å². The molecule has 0 saturated heterocycles. The molecule has 9 aromatic rings. The third kappa shape index (κ3) is 6.64. The number of hydrogen-bond donors (Lipinski definition) is 0. The summed E-state index contributed by atoms with van der Waals surface area (Å²) in [4.78, 5) is 0. The van der Waals surface area contributed by atoms with Crippen molar-refractivity contribution in [1.82, 2.24) is 0 Å². The number of fused-ring (bicyclic) bond motifs is 5. The van der Waals surface area contributed by atoms with Gasteiger partial charge in [-0.2, -0.15) is 0 Å². The maximum Gasteiger partial charge on any atom is 0.138 e. The molecule has 0 bridgehead atoms. The molecule has 0 amide bonds. The molecule has 0 fully saturated rings. The average molecular weight is 965 g/mol. The Morgan fingerprint density at radius 1 is 0.123 bits per heavy atom. The molecule has 9 rings (SSSR count). The number of furan rings is 1. The quantitative estimate of drug-likeness (QED) is 0.160. The van der Waals surface area contributed by atoms with Crippen molar-refractivity contribution in [3.63, 3.8) is 0 Å². The van der Waals surface area contributed by atoms with E-state index < -0.39 is 0 Å². The van der Waals surface area contributed by atoms with Gasteiger partial charge in [-0.1, -0.05) is 0 Å². The summed E-state index contributed by atoms with van der Waals surface area (Å²) in [5.41, 5.74) is 51.5. The highest BCUT2D eigenvalue weighted by molar-refractivity contribution is 6.27. The molecule has 0 aliphatic carbocycles. The van der Waals surface area contributed by atoms with E-state index in [0.717, 1.165) is 11.2 Å². The molecule has 0 aliphatic rings. The fourth-order valence-corrected chi connectivity index (χ4v) is 14.4. The van der Waals surface area contributed by atoms with E-state index in [9.17, 15) is 0 Å². The van der Waals surface area contributed by atoms with Crippen LogP contribution < -0.4 is 0 Å². The van der Waals surface area contributed by atoms with Gasteiger partial charge < -0.3 is 4.42 Å². The van der Waals surface area contributed by atoms with Gasteiger partial charge in [-0.25, -0.2) is 0 Å².